The summed E-state index contributed by atoms with van der Waals surface area (Å²) in [6.07, 6.45) is 3.44. The zero-order valence-electron chi connectivity index (χ0n) is 13.5. The van der Waals surface area contributed by atoms with Gasteiger partial charge < -0.3 is 5.73 Å². The minimum atomic E-state index is -0.418. The number of halogens is 1. The van der Waals surface area contributed by atoms with E-state index >= 15 is 0 Å². The number of nitrogens with two attached hydrogens (primary N) is 1. The van der Waals surface area contributed by atoms with Crippen LogP contribution in [0.1, 0.15) is 42.9 Å². The minimum absolute atomic E-state index is 0.215. The summed E-state index contributed by atoms with van der Waals surface area (Å²) in [6, 6.07) is 12.4. The lowest BCUT2D eigenvalue weighted by Crippen LogP contribution is -2.23. The molecule has 1 aliphatic carbocycles. The van der Waals surface area contributed by atoms with Crippen molar-refractivity contribution in [3.63, 3.8) is 0 Å². The van der Waals surface area contributed by atoms with E-state index in [4.69, 9.17) is 5.73 Å². The van der Waals surface area contributed by atoms with Crippen molar-refractivity contribution in [2.45, 2.75) is 31.7 Å². The lowest BCUT2D eigenvalue weighted by Gasteiger charge is -2.20. The minimum Gasteiger partial charge on any atom is -0.324 e. The first kappa shape index (κ1) is 15.1. The largest absolute Gasteiger partial charge is 0.324 e. The van der Waals surface area contributed by atoms with Crippen molar-refractivity contribution in [1.29, 1.82) is 0 Å². The van der Waals surface area contributed by atoms with Crippen LogP contribution in [-0.2, 0) is 0 Å². The molecule has 1 aromatic carbocycles. The van der Waals surface area contributed by atoms with Gasteiger partial charge in [-0.2, -0.15) is 0 Å². The van der Waals surface area contributed by atoms with E-state index in [1.807, 2.05) is 37.3 Å². The Hall–Kier alpha value is -2.46. The number of fused-ring (bicyclic) bond motifs is 1. The molecular formula is C20H19FN2O. The highest BCUT2D eigenvalue weighted by Gasteiger charge is 2.32. The molecule has 2 aromatic heterocycles. The second-order valence-electron chi connectivity index (χ2n) is 6.54. The molecule has 1 fully saturated rings. The molecule has 0 bridgehead atoms. The Balaban J connectivity index is 2.19. The third kappa shape index (κ3) is 2.34. The third-order valence-corrected chi connectivity index (χ3v) is 4.68. The number of benzene rings is 1. The van der Waals surface area contributed by atoms with Crippen LogP contribution in [0.15, 0.2) is 53.5 Å². The molecule has 0 amide bonds. The molecular weight excluding hydrogens is 303 g/mol. The van der Waals surface area contributed by atoms with Gasteiger partial charge in [0.15, 0.2) is 0 Å². The van der Waals surface area contributed by atoms with Gasteiger partial charge in [-0.1, -0.05) is 30.3 Å². The summed E-state index contributed by atoms with van der Waals surface area (Å²) in [7, 11) is 0. The second-order valence-corrected chi connectivity index (χ2v) is 6.54. The zero-order chi connectivity index (χ0) is 16.8. The number of aromatic nitrogens is 1. The average molecular weight is 322 g/mol. The Bertz CT molecular complexity index is 972. The Morgan fingerprint density at radius 3 is 2.50 bits per heavy atom. The van der Waals surface area contributed by atoms with E-state index in [9.17, 15) is 9.18 Å². The number of hydrogen-bond donors (Lipinski definition) is 1. The van der Waals surface area contributed by atoms with E-state index in [0.717, 1.165) is 35.0 Å². The molecule has 1 aliphatic rings. The smallest absolute Gasteiger partial charge is 0.263 e. The van der Waals surface area contributed by atoms with Crippen molar-refractivity contribution >= 4 is 5.52 Å². The molecule has 0 aliphatic heterocycles. The van der Waals surface area contributed by atoms with E-state index < -0.39 is 5.82 Å². The highest BCUT2D eigenvalue weighted by Crippen LogP contribution is 2.46. The van der Waals surface area contributed by atoms with Gasteiger partial charge in [0, 0.05) is 12.2 Å². The van der Waals surface area contributed by atoms with E-state index in [2.05, 4.69) is 0 Å². The highest BCUT2D eigenvalue weighted by atomic mass is 19.1. The Labute approximate surface area is 139 Å². The maximum Gasteiger partial charge on any atom is 0.263 e. The van der Waals surface area contributed by atoms with Gasteiger partial charge in [-0.05, 0) is 54.5 Å². The fourth-order valence-electron chi connectivity index (χ4n) is 3.53. The van der Waals surface area contributed by atoms with Gasteiger partial charge in [0.2, 0.25) is 0 Å². The predicted molar refractivity (Wildman–Crippen MR) is 93.6 cm³/mol. The molecule has 3 aromatic rings. The molecule has 24 heavy (non-hydrogen) atoms. The number of hydrogen-bond acceptors (Lipinski definition) is 2. The van der Waals surface area contributed by atoms with Gasteiger partial charge in [0.05, 0.1) is 11.1 Å². The average Bonchev–Trinajstić information content (AvgIpc) is 3.40. The standard InChI is InChI=1S/C20H19FN2O/c1-12(22)17-18(14-7-8-14)16-10-9-15(21)11-23(16)20(24)19(17)13-5-3-2-4-6-13/h2-6,9-12,14H,7-8,22H2,1H3/t12-/m0/s1. The van der Waals surface area contributed by atoms with Gasteiger partial charge in [-0.25, -0.2) is 4.39 Å². The zero-order valence-corrected chi connectivity index (χ0v) is 13.5. The van der Waals surface area contributed by atoms with Crippen molar-refractivity contribution in [3.05, 3.63) is 76.0 Å². The molecule has 4 rings (SSSR count). The van der Waals surface area contributed by atoms with Crippen LogP contribution in [0.3, 0.4) is 0 Å². The molecule has 122 valence electrons. The molecule has 2 heterocycles. The monoisotopic (exact) mass is 322 g/mol. The fraction of sp³-hybridized carbons (Fsp3) is 0.250. The van der Waals surface area contributed by atoms with Crippen LogP contribution in [0.4, 0.5) is 4.39 Å². The van der Waals surface area contributed by atoms with Crippen molar-refractivity contribution in [2.24, 2.45) is 5.73 Å². The maximum absolute atomic E-state index is 13.8. The molecule has 0 saturated heterocycles. The lowest BCUT2D eigenvalue weighted by atomic mass is 9.90. The normalized spacial score (nSPS) is 15.6. The van der Waals surface area contributed by atoms with Crippen LogP contribution in [0, 0.1) is 5.82 Å². The van der Waals surface area contributed by atoms with Crippen LogP contribution in [0.5, 0.6) is 0 Å². The topological polar surface area (TPSA) is 47.5 Å². The summed E-state index contributed by atoms with van der Waals surface area (Å²) in [6.45, 7) is 1.91. The Kier molecular flexibility index (Phi) is 3.50. The predicted octanol–water partition coefficient (Wildman–Crippen LogP) is 4.00. The van der Waals surface area contributed by atoms with Gasteiger partial charge in [0.25, 0.3) is 5.56 Å². The number of pyridine rings is 2. The van der Waals surface area contributed by atoms with Crippen molar-refractivity contribution in [3.8, 4) is 11.1 Å². The van der Waals surface area contributed by atoms with Gasteiger partial charge >= 0.3 is 0 Å². The van der Waals surface area contributed by atoms with Crippen LogP contribution in [-0.4, -0.2) is 4.40 Å². The van der Waals surface area contributed by atoms with E-state index in [0.29, 0.717) is 11.5 Å². The molecule has 1 atom stereocenters. The molecule has 2 N–H and O–H groups in total. The Morgan fingerprint density at radius 1 is 1.17 bits per heavy atom. The van der Waals surface area contributed by atoms with E-state index in [1.165, 1.54) is 16.7 Å². The van der Waals surface area contributed by atoms with Gasteiger partial charge in [-0.3, -0.25) is 9.20 Å². The van der Waals surface area contributed by atoms with Crippen LogP contribution < -0.4 is 11.3 Å². The first-order valence-electron chi connectivity index (χ1n) is 8.26. The van der Waals surface area contributed by atoms with Crippen LogP contribution in [0.25, 0.3) is 16.6 Å². The first-order valence-corrected chi connectivity index (χ1v) is 8.26. The van der Waals surface area contributed by atoms with Gasteiger partial charge in [-0.15, -0.1) is 0 Å². The van der Waals surface area contributed by atoms with Gasteiger partial charge in [0.1, 0.15) is 5.82 Å². The summed E-state index contributed by atoms with van der Waals surface area (Å²) >= 11 is 0. The van der Waals surface area contributed by atoms with Crippen molar-refractivity contribution in [2.75, 3.05) is 0 Å². The Morgan fingerprint density at radius 2 is 1.88 bits per heavy atom. The van der Waals surface area contributed by atoms with Crippen molar-refractivity contribution in [1.82, 2.24) is 4.40 Å². The van der Waals surface area contributed by atoms with Crippen LogP contribution >= 0.6 is 0 Å². The number of nitrogens with zero attached hydrogens (tertiary/aromatic N) is 1. The third-order valence-electron chi connectivity index (χ3n) is 4.68. The molecule has 0 radical (unpaired) electrons. The quantitative estimate of drug-likeness (QED) is 0.792. The molecule has 1 saturated carbocycles. The maximum atomic E-state index is 13.8. The molecule has 4 heteroatoms. The highest BCUT2D eigenvalue weighted by molar-refractivity contribution is 5.75. The summed E-state index contributed by atoms with van der Waals surface area (Å²) in [5, 5.41) is 0. The molecule has 0 spiro atoms. The summed E-state index contributed by atoms with van der Waals surface area (Å²) in [5.74, 6) is -0.0200. The van der Waals surface area contributed by atoms with E-state index in [1.54, 1.807) is 6.07 Å². The van der Waals surface area contributed by atoms with Crippen LogP contribution in [0.2, 0.25) is 0 Å². The summed E-state index contributed by atoms with van der Waals surface area (Å²) in [4.78, 5) is 13.1. The van der Waals surface area contributed by atoms with E-state index in [-0.39, 0.29) is 11.6 Å². The SMILES string of the molecule is C[C@H](N)c1c(-c2ccccc2)c(=O)n2cc(F)ccc2c1C1CC1. The van der Waals surface area contributed by atoms with Crippen molar-refractivity contribution < 1.29 is 4.39 Å². The number of rotatable bonds is 3. The fourth-order valence-corrected chi connectivity index (χ4v) is 3.53. The first-order chi connectivity index (χ1) is 11.6. The molecule has 3 nitrogen and oxygen atoms in total. The molecule has 0 unspecified atom stereocenters. The summed E-state index contributed by atoms with van der Waals surface area (Å²) < 4.78 is 15.2. The second kappa shape index (κ2) is 5.56. The summed E-state index contributed by atoms with van der Waals surface area (Å²) in [5.41, 5.74) is 10.3. The lowest BCUT2D eigenvalue weighted by molar-refractivity contribution is 0.617.